The quantitative estimate of drug-likeness (QED) is 0.466. The summed E-state index contributed by atoms with van der Waals surface area (Å²) in [6.45, 7) is 3.62. The molecule has 11 heavy (non-hydrogen) atoms. The molecule has 1 heterocycles. The number of hydrogen-bond donors (Lipinski definition) is 2. The topological polar surface area (TPSA) is 53.1 Å². The van der Waals surface area contributed by atoms with Crippen LogP contribution in [-0.4, -0.2) is 30.4 Å². The van der Waals surface area contributed by atoms with Crippen molar-refractivity contribution in [3.05, 3.63) is 0 Å². The van der Waals surface area contributed by atoms with Crippen LogP contribution in [0.15, 0.2) is 0 Å². The molecule has 3 N–H and O–H groups in total. The molecule has 0 aromatic heterocycles. The van der Waals surface area contributed by atoms with Gasteiger partial charge in [-0.25, -0.2) is 0 Å². The predicted molar refractivity (Wildman–Crippen MR) is 46.8 cm³/mol. The molecule has 0 atom stereocenters. The number of nitrogens with two attached hydrogens (primary N) is 1. The van der Waals surface area contributed by atoms with Crippen LogP contribution in [0.4, 0.5) is 0 Å². The molecule has 64 valence electrons. The first-order chi connectivity index (χ1) is 5.29. The summed E-state index contributed by atoms with van der Waals surface area (Å²) in [6.07, 6.45) is 4.51. The summed E-state index contributed by atoms with van der Waals surface area (Å²) in [5, 5.41) is 7.03. The molecule has 1 fully saturated rings. The molecule has 3 heteroatoms. The standard InChI is InChI=1S/C8H17N3/c9-8(10)4-3-7-11-5-1-2-6-11/h1-7H2,(H3,9,10). The minimum absolute atomic E-state index is 0.323. The number of hydrogen-bond acceptors (Lipinski definition) is 2. The van der Waals surface area contributed by atoms with E-state index in [1.807, 2.05) is 0 Å². The molecule has 0 aliphatic carbocycles. The van der Waals surface area contributed by atoms with E-state index in [2.05, 4.69) is 4.90 Å². The average Bonchev–Trinajstić information content (AvgIpc) is 2.39. The Morgan fingerprint density at radius 2 is 2.00 bits per heavy atom. The van der Waals surface area contributed by atoms with E-state index in [0.717, 1.165) is 19.4 Å². The van der Waals surface area contributed by atoms with Crippen LogP contribution in [0.5, 0.6) is 0 Å². The molecule has 1 saturated heterocycles. The van der Waals surface area contributed by atoms with Crippen LogP contribution in [-0.2, 0) is 0 Å². The molecule has 0 aromatic carbocycles. The van der Waals surface area contributed by atoms with Crippen molar-refractivity contribution < 1.29 is 0 Å². The Bertz CT molecular complexity index is 127. The molecule has 1 rings (SSSR count). The summed E-state index contributed by atoms with van der Waals surface area (Å²) < 4.78 is 0. The second-order valence-corrected chi connectivity index (χ2v) is 3.18. The third-order valence-corrected chi connectivity index (χ3v) is 2.12. The van der Waals surface area contributed by atoms with Crippen molar-refractivity contribution in [3.63, 3.8) is 0 Å². The van der Waals surface area contributed by atoms with E-state index in [9.17, 15) is 0 Å². The van der Waals surface area contributed by atoms with Crippen molar-refractivity contribution in [1.82, 2.24) is 4.90 Å². The molecule has 0 amide bonds. The van der Waals surface area contributed by atoms with E-state index in [0.29, 0.717) is 5.84 Å². The van der Waals surface area contributed by atoms with Gasteiger partial charge in [0.2, 0.25) is 0 Å². The fourth-order valence-corrected chi connectivity index (χ4v) is 1.50. The van der Waals surface area contributed by atoms with Crippen molar-refractivity contribution in [3.8, 4) is 0 Å². The zero-order chi connectivity index (χ0) is 8.10. The summed E-state index contributed by atoms with van der Waals surface area (Å²) in [5.74, 6) is 0.323. The molecule has 1 aliphatic rings. The van der Waals surface area contributed by atoms with Crippen LogP contribution >= 0.6 is 0 Å². The Morgan fingerprint density at radius 3 is 2.55 bits per heavy atom. The van der Waals surface area contributed by atoms with Gasteiger partial charge >= 0.3 is 0 Å². The highest BCUT2D eigenvalue weighted by molar-refractivity contribution is 5.76. The molecule has 0 saturated carbocycles. The van der Waals surface area contributed by atoms with Crippen LogP contribution in [0.25, 0.3) is 0 Å². The van der Waals surface area contributed by atoms with E-state index in [-0.39, 0.29) is 0 Å². The van der Waals surface area contributed by atoms with Crippen LogP contribution in [0.1, 0.15) is 25.7 Å². The Kier molecular flexibility index (Phi) is 3.36. The zero-order valence-corrected chi connectivity index (χ0v) is 6.97. The number of likely N-dealkylation sites (tertiary alicyclic amines) is 1. The van der Waals surface area contributed by atoms with Gasteiger partial charge in [-0.2, -0.15) is 0 Å². The first kappa shape index (κ1) is 8.53. The van der Waals surface area contributed by atoms with Crippen LogP contribution < -0.4 is 5.73 Å². The van der Waals surface area contributed by atoms with Gasteiger partial charge in [0.15, 0.2) is 0 Å². The van der Waals surface area contributed by atoms with E-state index in [1.165, 1.54) is 25.9 Å². The highest BCUT2D eigenvalue weighted by Gasteiger charge is 2.09. The van der Waals surface area contributed by atoms with E-state index in [1.54, 1.807) is 0 Å². The third kappa shape index (κ3) is 3.37. The number of nitrogens with one attached hydrogen (secondary N) is 1. The summed E-state index contributed by atoms with van der Waals surface area (Å²) in [6, 6.07) is 0. The van der Waals surface area contributed by atoms with Gasteiger partial charge in [0.1, 0.15) is 0 Å². The van der Waals surface area contributed by atoms with Crippen molar-refractivity contribution >= 4 is 5.84 Å². The Labute approximate surface area is 68.1 Å². The minimum Gasteiger partial charge on any atom is -0.388 e. The lowest BCUT2D eigenvalue weighted by molar-refractivity contribution is 0.336. The fraction of sp³-hybridized carbons (Fsp3) is 0.875. The fourth-order valence-electron chi connectivity index (χ4n) is 1.50. The molecule has 0 spiro atoms. The van der Waals surface area contributed by atoms with Gasteiger partial charge in [0, 0.05) is 6.42 Å². The number of rotatable bonds is 4. The summed E-state index contributed by atoms with van der Waals surface area (Å²) in [7, 11) is 0. The first-order valence-electron chi connectivity index (χ1n) is 4.34. The maximum atomic E-state index is 7.03. The van der Waals surface area contributed by atoms with Crippen molar-refractivity contribution in [2.45, 2.75) is 25.7 Å². The van der Waals surface area contributed by atoms with Crippen molar-refractivity contribution in [1.29, 1.82) is 5.41 Å². The molecular weight excluding hydrogens is 138 g/mol. The summed E-state index contributed by atoms with van der Waals surface area (Å²) in [4.78, 5) is 2.45. The summed E-state index contributed by atoms with van der Waals surface area (Å²) in [5.41, 5.74) is 5.24. The maximum Gasteiger partial charge on any atom is 0.0905 e. The van der Waals surface area contributed by atoms with Gasteiger partial charge in [0.25, 0.3) is 0 Å². The van der Waals surface area contributed by atoms with E-state index in [4.69, 9.17) is 11.1 Å². The maximum absolute atomic E-state index is 7.03. The van der Waals surface area contributed by atoms with Gasteiger partial charge in [-0.05, 0) is 38.9 Å². The lowest BCUT2D eigenvalue weighted by atomic mass is 10.3. The Balaban J connectivity index is 1.98. The smallest absolute Gasteiger partial charge is 0.0905 e. The largest absolute Gasteiger partial charge is 0.388 e. The first-order valence-corrected chi connectivity index (χ1v) is 4.34. The molecule has 3 nitrogen and oxygen atoms in total. The molecule has 1 aliphatic heterocycles. The van der Waals surface area contributed by atoms with Crippen molar-refractivity contribution in [2.75, 3.05) is 19.6 Å². The van der Waals surface area contributed by atoms with Crippen LogP contribution in [0.3, 0.4) is 0 Å². The monoisotopic (exact) mass is 155 g/mol. The molecule has 0 unspecified atom stereocenters. The normalized spacial score (nSPS) is 18.9. The van der Waals surface area contributed by atoms with Gasteiger partial charge in [-0.1, -0.05) is 0 Å². The lowest BCUT2D eigenvalue weighted by Gasteiger charge is -2.13. The highest BCUT2D eigenvalue weighted by atomic mass is 15.1. The van der Waals surface area contributed by atoms with Gasteiger partial charge < -0.3 is 10.6 Å². The van der Waals surface area contributed by atoms with E-state index < -0.39 is 0 Å². The SMILES string of the molecule is N=C(N)CCCN1CCCC1. The second kappa shape index (κ2) is 4.34. The van der Waals surface area contributed by atoms with Gasteiger partial charge in [-0.15, -0.1) is 0 Å². The van der Waals surface area contributed by atoms with Crippen molar-refractivity contribution in [2.24, 2.45) is 5.73 Å². The number of amidine groups is 1. The Morgan fingerprint density at radius 1 is 1.36 bits per heavy atom. The van der Waals surface area contributed by atoms with Gasteiger partial charge in [0.05, 0.1) is 5.84 Å². The summed E-state index contributed by atoms with van der Waals surface area (Å²) >= 11 is 0. The van der Waals surface area contributed by atoms with Crippen LogP contribution in [0.2, 0.25) is 0 Å². The lowest BCUT2D eigenvalue weighted by Crippen LogP contribution is -2.22. The third-order valence-electron chi connectivity index (χ3n) is 2.12. The van der Waals surface area contributed by atoms with Crippen LogP contribution in [0, 0.1) is 5.41 Å². The predicted octanol–water partition coefficient (Wildman–Crippen LogP) is 0.798. The second-order valence-electron chi connectivity index (χ2n) is 3.18. The molecule has 0 radical (unpaired) electrons. The molecule has 0 bridgehead atoms. The highest BCUT2D eigenvalue weighted by Crippen LogP contribution is 2.07. The van der Waals surface area contributed by atoms with Gasteiger partial charge in [-0.3, -0.25) is 5.41 Å². The van der Waals surface area contributed by atoms with E-state index >= 15 is 0 Å². The molecule has 0 aromatic rings. The molecular formula is C8H17N3. The Hall–Kier alpha value is -0.570. The number of nitrogens with zero attached hydrogens (tertiary/aromatic N) is 1. The minimum atomic E-state index is 0.323. The average molecular weight is 155 g/mol. The zero-order valence-electron chi connectivity index (χ0n) is 6.97.